The smallest absolute Gasteiger partial charge is 0.320 e. The van der Waals surface area contributed by atoms with Crippen molar-refractivity contribution in [3.8, 4) is 0 Å². The zero-order valence-electron chi connectivity index (χ0n) is 16.6. The highest BCUT2D eigenvalue weighted by Crippen LogP contribution is 2.20. The van der Waals surface area contributed by atoms with E-state index in [0.717, 1.165) is 30.0 Å². The van der Waals surface area contributed by atoms with E-state index < -0.39 is 20.2 Å². The van der Waals surface area contributed by atoms with Gasteiger partial charge in [0.05, 0.1) is 0 Å². The van der Waals surface area contributed by atoms with Crippen LogP contribution in [0.3, 0.4) is 0 Å². The van der Waals surface area contributed by atoms with E-state index in [0.29, 0.717) is 6.42 Å². The van der Waals surface area contributed by atoms with Crippen LogP contribution in [0.5, 0.6) is 0 Å². The number of thioether (sulfide) groups is 1. The molecule has 0 fully saturated rings. The lowest BCUT2D eigenvalue weighted by atomic mass is 10.1. The van der Waals surface area contributed by atoms with Crippen LogP contribution in [0, 0.1) is 0 Å². The number of benzene rings is 2. The molecule has 0 amide bonds. The summed E-state index contributed by atoms with van der Waals surface area (Å²) in [4.78, 5) is 12.0. The van der Waals surface area contributed by atoms with Crippen LogP contribution < -0.4 is 0 Å². The number of nitrogens with zero attached hydrogens (tertiary/aromatic N) is 1. The monoisotopic (exact) mass is 401 g/mol. The minimum absolute atomic E-state index is 0.446. The van der Waals surface area contributed by atoms with E-state index in [9.17, 15) is 9.90 Å². The number of aliphatic carboxylic acids is 1. The molecule has 0 aliphatic heterocycles. The van der Waals surface area contributed by atoms with Gasteiger partial charge in [-0.25, -0.2) is 0 Å². The zero-order chi connectivity index (χ0) is 19.7. The topological polar surface area (TPSA) is 40.5 Å². The van der Waals surface area contributed by atoms with Crippen LogP contribution >= 0.6 is 11.8 Å². The highest BCUT2D eigenvalue weighted by molar-refractivity contribution is 7.98. The molecule has 0 aliphatic carbocycles. The predicted octanol–water partition coefficient (Wildman–Crippen LogP) is 5.14. The molecule has 0 spiro atoms. The molecule has 1 atom stereocenters. The number of carboxylic acids is 1. The molecule has 5 heteroatoms. The predicted molar refractivity (Wildman–Crippen MR) is 119 cm³/mol. The van der Waals surface area contributed by atoms with Crippen molar-refractivity contribution in [2.24, 2.45) is 0 Å². The fourth-order valence-corrected chi connectivity index (χ4v) is 6.10. The Hall–Kier alpha value is -1.56. The van der Waals surface area contributed by atoms with Gasteiger partial charge in [0.15, 0.2) is 0 Å². The third-order valence-corrected chi connectivity index (χ3v) is 7.97. The van der Waals surface area contributed by atoms with Crippen LogP contribution in [-0.4, -0.2) is 42.2 Å². The Morgan fingerprint density at radius 3 is 2.07 bits per heavy atom. The summed E-state index contributed by atoms with van der Waals surface area (Å²) in [5.74, 6) is 1.35. The average Bonchev–Trinajstić information content (AvgIpc) is 2.64. The Morgan fingerprint density at radius 1 is 1.00 bits per heavy atom. The SMILES string of the molecule is C[Si](C)(C)N(CCCSCc1ccccc1)[C@@H](Cc1ccccc1)C(=O)O. The highest BCUT2D eigenvalue weighted by atomic mass is 32.2. The van der Waals surface area contributed by atoms with E-state index in [-0.39, 0.29) is 0 Å². The Kier molecular flexibility index (Phi) is 8.60. The molecule has 1 N–H and O–H groups in total. The number of carbonyl (C=O) groups is 1. The van der Waals surface area contributed by atoms with Crippen molar-refractivity contribution in [1.29, 1.82) is 0 Å². The molecule has 0 radical (unpaired) electrons. The first-order valence-electron chi connectivity index (χ1n) is 9.53. The van der Waals surface area contributed by atoms with Gasteiger partial charge in [-0.05, 0) is 36.3 Å². The standard InChI is InChI=1S/C22H31NO2SSi/c1-27(2,3)23(15-10-16-26-18-20-13-8-5-9-14-20)21(22(24)25)17-19-11-6-4-7-12-19/h4-9,11-14,21H,10,15-18H2,1-3H3,(H,24,25)/t21-/m0/s1. The third-order valence-electron chi connectivity index (χ3n) is 4.59. The van der Waals surface area contributed by atoms with Crippen molar-refractivity contribution in [2.45, 2.75) is 44.3 Å². The van der Waals surface area contributed by atoms with Crippen LogP contribution in [0.1, 0.15) is 17.5 Å². The largest absolute Gasteiger partial charge is 0.480 e. The second-order valence-corrected chi connectivity index (χ2v) is 13.8. The molecule has 27 heavy (non-hydrogen) atoms. The van der Waals surface area contributed by atoms with Crippen molar-refractivity contribution in [3.63, 3.8) is 0 Å². The molecule has 3 nitrogen and oxygen atoms in total. The summed E-state index contributed by atoms with van der Waals surface area (Å²) in [7, 11) is -1.75. The van der Waals surface area contributed by atoms with E-state index in [1.54, 1.807) is 0 Å². The van der Waals surface area contributed by atoms with Gasteiger partial charge in [0.1, 0.15) is 14.3 Å². The Labute approximate surface area is 168 Å². The first-order chi connectivity index (χ1) is 12.9. The van der Waals surface area contributed by atoms with Gasteiger partial charge in [-0.2, -0.15) is 11.8 Å². The summed E-state index contributed by atoms with van der Waals surface area (Å²) >= 11 is 1.92. The minimum atomic E-state index is -1.75. The van der Waals surface area contributed by atoms with Gasteiger partial charge >= 0.3 is 5.97 Å². The second kappa shape index (κ2) is 10.7. The molecule has 0 saturated heterocycles. The van der Waals surface area contributed by atoms with Crippen molar-refractivity contribution >= 4 is 26.0 Å². The quantitative estimate of drug-likeness (QED) is 0.418. The summed E-state index contributed by atoms with van der Waals surface area (Å²) in [6.45, 7) is 7.57. The van der Waals surface area contributed by atoms with Gasteiger partial charge < -0.3 is 9.67 Å². The molecule has 0 saturated carbocycles. The van der Waals surface area contributed by atoms with E-state index in [2.05, 4.69) is 48.5 Å². The average molecular weight is 402 g/mol. The molecule has 2 aromatic carbocycles. The Balaban J connectivity index is 1.93. The first kappa shape index (κ1) is 21.7. The lowest BCUT2D eigenvalue weighted by molar-refractivity contribution is -0.141. The van der Waals surface area contributed by atoms with Gasteiger partial charge in [0.2, 0.25) is 0 Å². The maximum absolute atomic E-state index is 12.0. The van der Waals surface area contributed by atoms with E-state index in [1.165, 1.54) is 5.56 Å². The fraction of sp³-hybridized carbons (Fsp3) is 0.409. The van der Waals surface area contributed by atoms with Crippen molar-refractivity contribution in [3.05, 3.63) is 71.8 Å². The summed E-state index contributed by atoms with van der Waals surface area (Å²) in [6, 6.07) is 20.0. The lowest BCUT2D eigenvalue weighted by Gasteiger charge is -2.39. The van der Waals surface area contributed by atoms with Gasteiger partial charge in [-0.1, -0.05) is 80.3 Å². The van der Waals surface area contributed by atoms with Gasteiger partial charge in [-0.3, -0.25) is 4.79 Å². The van der Waals surface area contributed by atoms with E-state index >= 15 is 0 Å². The van der Waals surface area contributed by atoms with Crippen LogP contribution in [0.25, 0.3) is 0 Å². The molecule has 0 unspecified atom stereocenters. The minimum Gasteiger partial charge on any atom is -0.480 e. The van der Waals surface area contributed by atoms with Crippen molar-refractivity contribution in [1.82, 2.24) is 4.57 Å². The van der Waals surface area contributed by atoms with Crippen LogP contribution in [-0.2, 0) is 17.0 Å². The maximum Gasteiger partial charge on any atom is 0.320 e. The lowest BCUT2D eigenvalue weighted by Crippen LogP contribution is -2.56. The van der Waals surface area contributed by atoms with E-state index in [4.69, 9.17) is 0 Å². The molecule has 0 aliphatic rings. The molecular weight excluding hydrogens is 370 g/mol. The fourth-order valence-electron chi connectivity index (χ4n) is 3.23. The van der Waals surface area contributed by atoms with Crippen molar-refractivity contribution < 1.29 is 9.90 Å². The van der Waals surface area contributed by atoms with Gasteiger partial charge in [0.25, 0.3) is 0 Å². The number of rotatable bonds is 11. The molecular formula is C22H31NO2SSi. The summed E-state index contributed by atoms with van der Waals surface area (Å²) in [5, 5.41) is 9.90. The normalized spacial score (nSPS) is 12.9. The second-order valence-electron chi connectivity index (χ2n) is 7.80. The summed E-state index contributed by atoms with van der Waals surface area (Å²) < 4.78 is 2.28. The number of carboxylic acid groups (broad SMARTS) is 1. The number of hydrogen-bond donors (Lipinski definition) is 1. The first-order valence-corrected chi connectivity index (χ1v) is 14.1. The van der Waals surface area contributed by atoms with Gasteiger partial charge in [-0.15, -0.1) is 0 Å². The van der Waals surface area contributed by atoms with Crippen LogP contribution in [0.15, 0.2) is 60.7 Å². The molecule has 146 valence electrons. The maximum atomic E-state index is 12.0. The molecule has 0 aromatic heterocycles. The third kappa shape index (κ3) is 7.52. The van der Waals surface area contributed by atoms with Crippen LogP contribution in [0.4, 0.5) is 0 Å². The van der Waals surface area contributed by atoms with E-state index in [1.807, 2.05) is 48.2 Å². The molecule has 0 bridgehead atoms. The van der Waals surface area contributed by atoms with Crippen molar-refractivity contribution in [2.75, 3.05) is 12.3 Å². The molecule has 2 rings (SSSR count). The number of hydrogen-bond acceptors (Lipinski definition) is 3. The molecule has 0 heterocycles. The van der Waals surface area contributed by atoms with Crippen LogP contribution in [0.2, 0.25) is 19.6 Å². The molecule has 2 aromatic rings. The Bertz CT molecular complexity index is 688. The Morgan fingerprint density at radius 2 is 1.56 bits per heavy atom. The summed E-state index contributed by atoms with van der Waals surface area (Å²) in [6.07, 6.45) is 1.58. The summed E-state index contributed by atoms with van der Waals surface area (Å²) in [5.41, 5.74) is 2.43. The van der Waals surface area contributed by atoms with Gasteiger partial charge in [0, 0.05) is 5.75 Å². The highest BCUT2D eigenvalue weighted by Gasteiger charge is 2.34. The zero-order valence-corrected chi connectivity index (χ0v) is 18.4.